The number of rotatable bonds is 6. The van der Waals surface area contributed by atoms with E-state index in [1.54, 1.807) is 6.07 Å². The molecule has 2 heterocycles. The summed E-state index contributed by atoms with van der Waals surface area (Å²) in [5.74, 6) is 1.12. The second-order valence-corrected chi connectivity index (χ2v) is 7.54. The van der Waals surface area contributed by atoms with Crippen molar-refractivity contribution in [3.8, 4) is 0 Å². The zero-order chi connectivity index (χ0) is 16.9. The van der Waals surface area contributed by atoms with Crippen LogP contribution in [-0.2, 0) is 0 Å². The van der Waals surface area contributed by atoms with Gasteiger partial charge in [-0.15, -0.1) is 0 Å². The highest BCUT2D eigenvalue weighted by Crippen LogP contribution is 2.24. The first-order valence-electron chi connectivity index (χ1n) is 8.50. The maximum absolute atomic E-state index is 12.1. The van der Waals surface area contributed by atoms with Crippen LogP contribution in [0, 0.1) is 0 Å². The van der Waals surface area contributed by atoms with E-state index in [1.165, 1.54) is 12.8 Å². The van der Waals surface area contributed by atoms with Gasteiger partial charge in [0.05, 0.1) is 16.7 Å². The summed E-state index contributed by atoms with van der Waals surface area (Å²) in [7, 11) is 0. The second kappa shape index (κ2) is 8.05. The summed E-state index contributed by atoms with van der Waals surface area (Å²) in [6.07, 6.45) is 3.42. The maximum Gasteiger partial charge on any atom is 0.280 e. The number of benzene rings is 1. The molecule has 6 heteroatoms. The number of likely N-dealkylation sites (tertiary alicyclic amines) is 1. The van der Waals surface area contributed by atoms with Crippen LogP contribution in [0.3, 0.4) is 0 Å². The Labute approximate surface area is 146 Å². The Morgan fingerprint density at radius 3 is 2.83 bits per heavy atom. The van der Waals surface area contributed by atoms with Crippen molar-refractivity contribution in [2.75, 3.05) is 31.9 Å². The van der Waals surface area contributed by atoms with Crippen molar-refractivity contribution < 1.29 is 4.79 Å². The van der Waals surface area contributed by atoms with Crippen LogP contribution in [0.2, 0.25) is 0 Å². The van der Waals surface area contributed by atoms with Crippen molar-refractivity contribution >= 4 is 30.1 Å². The molecule has 0 aliphatic carbocycles. The van der Waals surface area contributed by atoms with E-state index in [9.17, 15) is 4.79 Å². The number of para-hydroxylation sites is 1. The molecule has 1 aromatic carbocycles. The average molecular weight is 344 g/mol. The van der Waals surface area contributed by atoms with Crippen LogP contribution in [0.15, 0.2) is 28.2 Å². The Morgan fingerprint density at radius 2 is 2.08 bits per heavy atom. The summed E-state index contributed by atoms with van der Waals surface area (Å²) in [6.45, 7) is 8.09. The van der Waals surface area contributed by atoms with Gasteiger partial charge in [-0.3, -0.25) is 4.79 Å². The third-order valence-electron chi connectivity index (χ3n) is 4.48. The van der Waals surface area contributed by atoms with Gasteiger partial charge in [0.1, 0.15) is 5.84 Å². The molecule has 3 rings (SSSR count). The highest BCUT2D eigenvalue weighted by Gasteiger charge is 2.21. The van der Waals surface area contributed by atoms with E-state index < -0.39 is 0 Å². The van der Waals surface area contributed by atoms with Crippen molar-refractivity contribution in [1.29, 1.82) is 0 Å². The number of amides is 1. The van der Waals surface area contributed by atoms with Crippen molar-refractivity contribution in [2.24, 2.45) is 15.7 Å². The van der Waals surface area contributed by atoms with Crippen molar-refractivity contribution in [1.82, 2.24) is 4.90 Å². The van der Waals surface area contributed by atoms with Crippen LogP contribution in [-0.4, -0.2) is 53.8 Å². The number of hydrogen-bond acceptors (Lipinski definition) is 5. The maximum atomic E-state index is 12.1. The van der Waals surface area contributed by atoms with Crippen molar-refractivity contribution in [2.45, 2.75) is 24.5 Å². The minimum absolute atomic E-state index is 0.197. The summed E-state index contributed by atoms with van der Waals surface area (Å²) in [5.41, 5.74) is 6.13. The number of aliphatic imine (C=N–C) groups is 1. The lowest BCUT2D eigenvalue weighted by Gasteiger charge is -2.31. The Kier molecular flexibility index (Phi) is 5.81. The van der Waals surface area contributed by atoms with Gasteiger partial charge in [0.25, 0.3) is 5.91 Å². The average Bonchev–Trinajstić information content (AvgIpc) is 2.60. The van der Waals surface area contributed by atoms with Gasteiger partial charge in [-0.05, 0) is 56.7 Å². The number of amidine groups is 1. The fourth-order valence-electron chi connectivity index (χ4n) is 3.10. The monoisotopic (exact) mass is 344 g/mol. The number of carbonyl (C=O) groups is 1. The number of nitrogens with zero attached hydrogens (tertiary/aromatic N) is 3. The van der Waals surface area contributed by atoms with Crippen molar-refractivity contribution in [3.63, 3.8) is 0 Å². The first-order chi connectivity index (χ1) is 11.7. The van der Waals surface area contributed by atoms with E-state index >= 15 is 0 Å². The van der Waals surface area contributed by atoms with Gasteiger partial charge in [0.2, 0.25) is 0 Å². The summed E-state index contributed by atoms with van der Waals surface area (Å²) in [6, 6.07) is 5.46. The zero-order valence-electron chi connectivity index (χ0n) is 13.9. The number of hydrogen-bond donors (Lipinski definition) is 1. The van der Waals surface area contributed by atoms with Gasteiger partial charge in [-0.1, -0.05) is 18.7 Å². The van der Waals surface area contributed by atoms with Crippen LogP contribution in [0.4, 0.5) is 0 Å². The van der Waals surface area contributed by atoms with Gasteiger partial charge in [-0.2, -0.15) is 16.8 Å². The first-order valence-corrected chi connectivity index (χ1v) is 9.55. The Bertz CT molecular complexity index is 738. The van der Waals surface area contributed by atoms with Crippen LogP contribution in [0.1, 0.15) is 29.6 Å². The fourth-order valence-corrected chi connectivity index (χ4v) is 4.16. The molecule has 2 N–H and O–H groups in total. The lowest BCUT2D eigenvalue weighted by Crippen LogP contribution is -2.37. The smallest absolute Gasteiger partial charge is 0.280 e. The molecular weight excluding hydrogens is 320 g/mol. The molecule has 0 spiro atoms. The highest BCUT2D eigenvalue weighted by molar-refractivity contribution is 8.00. The highest BCUT2D eigenvalue weighted by atomic mass is 32.2. The fraction of sp³-hybridized carbons (Fsp3) is 0.500. The van der Waals surface area contributed by atoms with Crippen LogP contribution in [0.25, 0.3) is 6.58 Å². The Morgan fingerprint density at radius 1 is 1.29 bits per heavy atom. The topological polar surface area (TPSA) is 71.0 Å². The third-order valence-corrected chi connectivity index (χ3v) is 5.85. The minimum atomic E-state index is -0.197. The molecular formula is C18H24N4OS. The van der Waals surface area contributed by atoms with Crippen LogP contribution < -0.4 is 16.3 Å². The largest absolute Gasteiger partial charge is 0.330 e. The standard InChI is InChI=1S/C18H24N4OS/c1-13-4-2-5-15-17(13)20-16(21-18(15)23)12-24-14-6-10-22(11-7-14)9-3-8-19/h2,4-5,14H,1,3,6-12,19H2. The van der Waals surface area contributed by atoms with Crippen molar-refractivity contribution in [3.05, 3.63) is 34.3 Å². The molecule has 0 aromatic heterocycles. The summed E-state index contributed by atoms with van der Waals surface area (Å²) in [4.78, 5) is 23.3. The molecule has 0 saturated carbocycles. The number of thioether (sulfide) groups is 1. The molecule has 0 radical (unpaired) electrons. The predicted molar refractivity (Wildman–Crippen MR) is 100 cm³/mol. The minimum Gasteiger partial charge on any atom is -0.330 e. The Balaban J connectivity index is 1.56. The third kappa shape index (κ3) is 4.12. The van der Waals surface area contributed by atoms with E-state index in [0.29, 0.717) is 27.8 Å². The number of nitrogens with two attached hydrogens (primary N) is 1. The number of fused-ring (bicyclic) bond motifs is 1. The quantitative estimate of drug-likeness (QED) is 0.829. The van der Waals surface area contributed by atoms with E-state index in [2.05, 4.69) is 21.5 Å². The van der Waals surface area contributed by atoms with Crippen LogP contribution in [0.5, 0.6) is 0 Å². The molecule has 1 amide bonds. The van der Waals surface area contributed by atoms with Gasteiger partial charge in [0, 0.05) is 5.25 Å². The van der Waals surface area contributed by atoms with Gasteiger partial charge >= 0.3 is 0 Å². The summed E-state index contributed by atoms with van der Waals surface area (Å²) < 4.78 is 0. The molecule has 1 saturated heterocycles. The van der Waals surface area contributed by atoms with Gasteiger partial charge in [-0.25, -0.2) is 4.99 Å². The molecule has 2 aliphatic rings. The molecule has 1 fully saturated rings. The molecule has 1 aromatic rings. The molecule has 24 heavy (non-hydrogen) atoms. The predicted octanol–water partition coefficient (Wildman–Crippen LogP) is 0.815. The molecule has 5 nitrogen and oxygen atoms in total. The first kappa shape index (κ1) is 17.3. The second-order valence-electron chi connectivity index (χ2n) is 6.25. The molecule has 128 valence electrons. The number of piperidine rings is 1. The Hall–Kier alpha value is -1.50. The SMILES string of the molecule is C=c1cccc2c1=NC(CSC1CCN(CCCN)CC1)=NC2=O. The lowest BCUT2D eigenvalue weighted by atomic mass is 10.1. The summed E-state index contributed by atoms with van der Waals surface area (Å²) >= 11 is 1.86. The van der Waals surface area contributed by atoms with E-state index in [1.807, 2.05) is 23.9 Å². The molecule has 0 bridgehead atoms. The number of carbonyl (C=O) groups excluding carboxylic acids is 1. The normalized spacial score (nSPS) is 18.9. The van der Waals surface area contributed by atoms with E-state index in [4.69, 9.17) is 5.73 Å². The molecule has 0 atom stereocenters. The van der Waals surface area contributed by atoms with E-state index in [0.717, 1.165) is 37.8 Å². The van der Waals surface area contributed by atoms with Crippen LogP contribution >= 0.6 is 11.8 Å². The lowest BCUT2D eigenvalue weighted by molar-refractivity contribution is 0.1000. The van der Waals surface area contributed by atoms with Gasteiger partial charge < -0.3 is 10.6 Å². The zero-order valence-corrected chi connectivity index (χ0v) is 14.7. The van der Waals surface area contributed by atoms with Gasteiger partial charge in [0.15, 0.2) is 0 Å². The molecule has 0 unspecified atom stereocenters. The molecule has 2 aliphatic heterocycles. The summed E-state index contributed by atoms with van der Waals surface area (Å²) in [5, 5.41) is 2.08. The van der Waals surface area contributed by atoms with E-state index in [-0.39, 0.29) is 5.91 Å².